The van der Waals surface area contributed by atoms with E-state index >= 15 is 0 Å². The van der Waals surface area contributed by atoms with Crippen LogP contribution in [0, 0.1) is 0 Å². The molecule has 0 aromatic heterocycles. The fourth-order valence-electron chi connectivity index (χ4n) is 2.14. The fraction of sp³-hybridized carbons (Fsp3) is 0.727. The fourth-order valence-corrected chi connectivity index (χ4v) is 2.50. The summed E-state index contributed by atoms with van der Waals surface area (Å²) in [5.74, 6) is -2.13. The normalized spacial score (nSPS) is 23.6. The molecule has 0 aliphatic carbocycles. The molecule has 0 radical (unpaired) electrons. The molecule has 1 atom stereocenters. The van der Waals surface area contributed by atoms with Gasteiger partial charge in [-0.3, -0.25) is 19.3 Å². The number of alkyl halides is 2. The molecule has 1 rings (SSSR count). The molecule has 0 aromatic carbocycles. The number of hydrogen-bond donors (Lipinski definition) is 0. The minimum atomic E-state index is -1.57. The second kappa shape index (κ2) is 6.38. The zero-order valence-corrected chi connectivity index (χ0v) is 11.6. The largest absolute Gasteiger partial charge is 0.431 e. The quantitative estimate of drug-likeness (QED) is 0.579. The van der Waals surface area contributed by atoms with Crippen molar-refractivity contribution in [1.29, 1.82) is 0 Å². The number of piperidine rings is 1. The number of rotatable bonds is 4. The molecule has 0 bridgehead atoms. The van der Waals surface area contributed by atoms with E-state index in [1.54, 1.807) is 0 Å². The molecule has 1 unspecified atom stereocenters. The van der Waals surface area contributed by atoms with Gasteiger partial charge in [0.1, 0.15) is 5.88 Å². The average Bonchev–Trinajstić information content (AvgIpc) is 2.36. The predicted octanol–water partition coefficient (Wildman–Crippen LogP) is 1.30. The molecule has 0 N–H and O–H groups in total. The molecule has 1 aliphatic heterocycles. The molecule has 1 amide bonds. The summed E-state index contributed by atoms with van der Waals surface area (Å²) in [4.78, 5) is 36.2. The van der Waals surface area contributed by atoms with Gasteiger partial charge in [-0.2, -0.15) is 0 Å². The first-order chi connectivity index (χ1) is 8.47. The molecule has 5 nitrogen and oxygen atoms in total. The molecule has 0 saturated carbocycles. The van der Waals surface area contributed by atoms with Crippen LogP contribution in [0.5, 0.6) is 0 Å². The van der Waals surface area contributed by atoms with Gasteiger partial charge >= 0.3 is 5.97 Å². The molecule has 1 saturated heterocycles. The summed E-state index contributed by atoms with van der Waals surface area (Å²) in [7, 11) is 0. The Morgan fingerprint density at radius 3 is 2.39 bits per heavy atom. The third-order valence-corrected chi connectivity index (χ3v) is 3.34. The lowest BCUT2D eigenvalue weighted by atomic mass is 9.94. The van der Waals surface area contributed by atoms with E-state index < -0.39 is 23.4 Å². The summed E-state index contributed by atoms with van der Waals surface area (Å²) in [5.41, 5.74) is -1.57. The molecule has 18 heavy (non-hydrogen) atoms. The van der Waals surface area contributed by atoms with Crippen molar-refractivity contribution in [1.82, 2.24) is 4.90 Å². The van der Waals surface area contributed by atoms with Gasteiger partial charge in [0.15, 0.2) is 0 Å². The summed E-state index contributed by atoms with van der Waals surface area (Å²) in [6, 6.07) is 0. The van der Waals surface area contributed by atoms with Crippen LogP contribution in [0.15, 0.2) is 0 Å². The van der Waals surface area contributed by atoms with Gasteiger partial charge in [0, 0.05) is 19.9 Å². The predicted molar refractivity (Wildman–Crippen MR) is 66.5 cm³/mol. The Bertz CT molecular complexity index is 361. The van der Waals surface area contributed by atoms with Crippen molar-refractivity contribution in [2.75, 3.05) is 18.3 Å². The number of ketones is 1. The van der Waals surface area contributed by atoms with Gasteiger partial charge in [-0.1, -0.05) is 0 Å². The standard InChI is InChI=1S/C11H15Cl2NO4/c1-8(15)18-11(9(16)6-12)4-2-3-5-14(11)10(17)7-13/h2-7H2,1H3. The second-order valence-corrected chi connectivity index (χ2v) is 4.61. The summed E-state index contributed by atoms with van der Waals surface area (Å²) >= 11 is 11.1. The Balaban J connectivity index is 3.13. The lowest BCUT2D eigenvalue weighted by Gasteiger charge is -2.44. The SMILES string of the molecule is CC(=O)OC1(C(=O)CCl)CCCCN1C(=O)CCl. The van der Waals surface area contributed by atoms with Gasteiger partial charge in [-0.05, 0) is 12.8 Å². The van der Waals surface area contributed by atoms with Crippen molar-refractivity contribution < 1.29 is 19.1 Å². The van der Waals surface area contributed by atoms with Crippen LogP contribution in [-0.2, 0) is 19.1 Å². The number of carbonyl (C=O) groups excluding carboxylic acids is 3. The van der Waals surface area contributed by atoms with Crippen LogP contribution in [-0.4, -0.2) is 46.6 Å². The van der Waals surface area contributed by atoms with E-state index in [-0.39, 0.29) is 18.2 Å². The van der Waals surface area contributed by atoms with Crippen molar-refractivity contribution in [2.24, 2.45) is 0 Å². The lowest BCUT2D eigenvalue weighted by molar-refractivity contribution is -0.197. The minimum Gasteiger partial charge on any atom is -0.431 e. The third kappa shape index (κ3) is 2.95. The second-order valence-electron chi connectivity index (χ2n) is 4.07. The van der Waals surface area contributed by atoms with Gasteiger partial charge in [0.25, 0.3) is 0 Å². The number of carbonyl (C=O) groups is 3. The van der Waals surface area contributed by atoms with Crippen molar-refractivity contribution in [3.8, 4) is 0 Å². The Morgan fingerprint density at radius 2 is 1.89 bits per heavy atom. The van der Waals surface area contributed by atoms with Crippen LogP contribution in [0.3, 0.4) is 0 Å². The molecule has 102 valence electrons. The molecule has 1 aliphatic rings. The van der Waals surface area contributed by atoms with Crippen LogP contribution in [0.2, 0.25) is 0 Å². The molecular formula is C11H15Cl2NO4. The number of Topliss-reactive ketones (excluding diaryl/α,β-unsaturated/α-hetero) is 1. The van der Waals surface area contributed by atoms with Crippen LogP contribution >= 0.6 is 23.2 Å². The first-order valence-electron chi connectivity index (χ1n) is 5.63. The van der Waals surface area contributed by atoms with Crippen molar-refractivity contribution in [3.63, 3.8) is 0 Å². The molecule has 1 fully saturated rings. The van der Waals surface area contributed by atoms with Gasteiger partial charge in [-0.15, -0.1) is 23.2 Å². The maximum Gasteiger partial charge on any atom is 0.305 e. The Morgan fingerprint density at radius 1 is 1.22 bits per heavy atom. The highest BCUT2D eigenvalue weighted by Gasteiger charge is 2.49. The Kier molecular flexibility index (Phi) is 5.41. The number of esters is 1. The molecule has 0 aromatic rings. The number of ether oxygens (including phenoxy) is 1. The highest BCUT2D eigenvalue weighted by molar-refractivity contribution is 6.30. The zero-order valence-electron chi connectivity index (χ0n) is 10.1. The van der Waals surface area contributed by atoms with Crippen LogP contribution in [0.1, 0.15) is 26.2 Å². The highest BCUT2D eigenvalue weighted by atomic mass is 35.5. The van der Waals surface area contributed by atoms with E-state index in [1.165, 1.54) is 11.8 Å². The summed E-state index contributed by atoms with van der Waals surface area (Å²) in [6.45, 7) is 1.53. The molecule has 7 heteroatoms. The third-order valence-electron chi connectivity index (χ3n) is 2.87. The number of likely N-dealkylation sites (tertiary alicyclic amines) is 1. The van der Waals surface area contributed by atoms with E-state index in [4.69, 9.17) is 27.9 Å². The number of halogens is 2. The topological polar surface area (TPSA) is 63.7 Å². The first-order valence-corrected chi connectivity index (χ1v) is 6.70. The maximum absolute atomic E-state index is 12.0. The Hall–Kier alpha value is -0.810. The van der Waals surface area contributed by atoms with Crippen molar-refractivity contribution >= 4 is 40.9 Å². The smallest absolute Gasteiger partial charge is 0.305 e. The van der Waals surface area contributed by atoms with Crippen molar-refractivity contribution in [3.05, 3.63) is 0 Å². The average molecular weight is 296 g/mol. The van der Waals surface area contributed by atoms with Gasteiger partial charge < -0.3 is 4.74 Å². The van der Waals surface area contributed by atoms with Gasteiger partial charge in [-0.25, -0.2) is 0 Å². The maximum atomic E-state index is 12.0. The van der Waals surface area contributed by atoms with Gasteiger partial charge in [0.2, 0.25) is 17.4 Å². The summed E-state index contributed by atoms with van der Waals surface area (Å²) in [6.07, 6.45) is 1.68. The lowest BCUT2D eigenvalue weighted by Crippen LogP contribution is -2.62. The summed E-state index contributed by atoms with van der Waals surface area (Å²) in [5, 5.41) is 0. The van der Waals surface area contributed by atoms with E-state index in [1.807, 2.05) is 0 Å². The first kappa shape index (κ1) is 15.2. The molecule has 0 spiro atoms. The van der Waals surface area contributed by atoms with E-state index in [0.717, 1.165) is 6.42 Å². The van der Waals surface area contributed by atoms with E-state index in [0.29, 0.717) is 13.0 Å². The van der Waals surface area contributed by atoms with Crippen LogP contribution < -0.4 is 0 Å². The van der Waals surface area contributed by atoms with E-state index in [2.05, 4.69) is 0 Å². The zero-order chi connectivity index (χ0) is 13.8. The minimum absolute atomic E-state index is 0.265. The van der Waals surface area contributed by atoms with Gasteiger partial charge in [0.05, 0.1) is 5.88 Å². The molecular weight excluding hydrogens is 281 g/mol. The molecule has 1 heterocycles. The number of amides is 1. The van der Waals surface area contributed by atoms with Crippen molar-refractivity contribution in [2.45, 2.75) is 31.9 Å². The highest BCUT2D eigenvalue weighted by Crippen LogP contribution is 2.31. The van der Waals surface area contributed by atoms with Crippen LogP contribution in [0.25, 0.3) is 0 Å². The van der Waals surface area contributed by atoms with E-state index in [9.17, 15) is 14.4 Å². The Labute approximate surface area is 115 Å². The summed E-state index contributed by atoms with van der Waals surface area (Å²) < 4.78 is 5.14. The monoisotopic (exact) mass is 295 g/mol. The van der Waals surface area contributed by atoms with Crippen LogP contribution in [0.4, 0.5) is 0 Å². The number of nitrogens with zero attached hydrogens (tertiary/aromatic N) is 1. The number of hydrogen-bond acceptors (Lipinski definition) is 4.